The van der Waals surface area contributed by atoms with Crippen LogP contribution in [0, 0.1) is 16.0 Å². The van der Waals surface area contributed by atoms with Crippen LogP contribution in [0.5, 0.6) is 0 Å². The van der Waals surface area contributed by atoms with Gasteiger partial charge in [-0.25, -0.2) is 0 Å². The summed E-state index contributed by atoms with van der Waals surface area (Å²) in [5.74, 6) is 0.0701. The van der Waals surface area contributed by atoms with Crippen LogP contribution in [0.15, 0.2) is 33.7 Å². The monoisotopic (exact) mass is 430 g/mol. The molecule has 0 saturated carbocycles. The Morgan fingerprint density at radius 3 is 2.71 bits per heavy atom. The second-order valence-corrected chi connectivity index (χ2v) is 9.19. The summed E-state index contributed by atoms with van der Waals surface area (Å²) in [5, 5.41) is 11.2. The smallest absolute Gasteiger partial charge is 0.224 e. The average molecular weight is 431 g/mol. The highest BCUT2D eigenvalue weighted by molar-refractivity contribution is 9.10. The number of carbonyl (C=O) groups is 1. The molecule has 5 nitrogen and oxygen atoms in total. The van der Waals surface area contributed by atoms with Crippen molar-refractivity contribution in [3.63, 3.8) is 0 Å². The predicted octanol–water partition coefficient (Wildman–Crippen LogP) is 4.59. The maximum atomic E-state index is 12.9. The van der Waals surface area contributed by atoms with Gasteiger partial charge in [-0.2, -0.15) is 0 Å². The number of hydrogen-bond donors (Lipinski definition) is 0. The van der Waals surface area contributed by atoms with E-state index in [9.17, 15) is 14.9 Å². The molecule has 2 rings (SSSR count). The van der Waals surface area contributed by atoms with Crippen LogP contribution in [0.4, 0.5) is 0 Å². The van der Waals surface area contributed by atoms with E-state index in [0.717, 1.165) is 27.6 Å². The van der Waals surface area contributed by atoms with Crippen molar-refractivity contribution in [1.29, 1.82) is 0 Å². The first kappa shape index (κ1) is 19.5. The summed E-state index contributed by atoms with van der Waals surface area (Å²) in [6, 6.07) is 7.37. The number of thioether (sulfide) groups is 2. The maximum Gasteiger partial charge on any atom is 0.224 e. The number of halogens is 1. The van der Waals surface area contributed by atoms with Gasteiger partial charge in [0.1, 0.15) is 9.91 Å². The molecule has 1 heterocycles. The summed E-state index contributed by atoms with van der Waals surface area (Å²) >= 11 is 6.04. The minimum atomic E-state index is -1.10. The Kier molecular flexibility index (Phi) is 6.50. The molecular formula is C16H19BrN2O3S2. The van der Waals surface area contributed by atoms with Crippen LogP contribution in [0.25, 0.3) is 0 Å². The Bertz CT molecular complexity index is 681. The van der Waals surface area contributed by atoms with Gasteiger partial charge in [0.25, 0.3) is 0 Å². The lowest BCUT2D eigenvalue weighted by atomic mass is 9.73. The summed E-state index contributed by atoms with van der Waals surface area (Å²) in [6.45, 7) is 5.49. The van der Waals surface area contributed by atoms with Gasteiger partial charge in [-0.05, 0) is 41.1 Å². The van der Waals surface area contributed by atoms with Gasteiger partial charge in [0.15, 0.2) is 0 Å². The first-order valence-electron chi connectivity index (χ1n) is 7.63. The van der Waals surface area contributed by atoms with Gasteiger partial charge in [-0.3, -0.25) is 19.9 Å². The molecule has 130 valence electrons. The van der Waals surface area contributed by atoms with Crippen molar-refractivity contribution in [3.8, 4) is 0 Å². The molecule has 1 aliphatic heterocycles. The Morgan fingerprint density at radius 1 is 1.46 bits per heavy atom. The fraction of sp³-hybridized carbons (Fsp3) is 0.500. The molecule has 1 aliphatic rings. The zero-order valence-electron chi connectivity index (χ0n) is 13.7. The van der Waals surface area contributed by atoms with Gasteiger partial charge < -0.3 is 0 Å². The second kappa shape index (κ2) is 8.01. The van der Waals surface area contributed by atoms with Gasteiger partial charge in [-0.1, -0.05) is 60.6 Å². The molecule has 1 aromatic carbocycles. The van der Waals surface area contributed by atoms with Crippen LogP contribution < -0.4 is 0 Å². The first-order chi connectivity index (χ1) is 11.3. The molecule has 0 N–H and O–H groups in total. The Morgan fingerprint density at radius 2 is 2.17 bits per heavy atom. The molecule has 0 fully saturated rings. The Balaban J connectivity index is 2.59. The van der Waals surface area contributed by atoms with Gasteiger partial charge >= 0.3 is 0 Å². The third-order valence-electron chi connectivity index (χ3n) is 4.05. The quantitative estimate of drug-likeness (QED) is 0.487. The van der Waals surface area contributed by atoms with Crippen molar-refractivity contribution in [2.45, 2.75) is 32.2 Å². The van der Waals surface area contributed by atoms with Crippen LogP contribution in [0.3, 0.4) is 0 Å². The van der Waals surface area contributed by atoms with Crippen LogP contribution in [-0.4, -0.2) is 32.3 Å². The Labute approximate surface area is 158 Å². The topological polar surface area (TPSA) is 72.6 Å². The van der Waals surface area contributed by atoms with Gasteiger partial charge in [0.05, 0.1) is 5.92 Å². The highest BCUT2D eigenvalue weighted by Crippen LogP contribution is 2.48. The van der Waals surface area contributed by atoms with E-state index in [-0.39, 0.29) is 22.5 Å². The van der Waals surface area contributed by atoms with E-state index in [1.54, 1.807) is 0 Å². The van der Waals surface area contributed by atoms with Gasteiger partial charge in [0, 0.05) is 9.40 Å². The second-order valence-electron chi connectivity index (χ2n) is 5.80. The van der Waals surface area contributed by atoms with E-state index >= 15 is 0 Å². The number of aliphatic imine (C=N–C) groups is 1. The molecule has 8 heteroatoms. The number of rotatable bonds is 6. The first-order valence-corrected chi connectivity index (χ1v) is 10.2. The molecule has 0 aliphatic carbocycles. The highest BCUT2D eigenvalue weighted by Gasteiger charge is 2.55. The molecule has 0 bridgehead atoms. The zero-order chi connectivity index (χ0) is 17.9. The molecule has 2 atom stereocenters. The largest absolute Gasteiger partial charge is 0.284 e. The molecular weight excluding hydrogens is 412 g/mol. The molecule has 0 radical (unpaired) electrons. The van der Waals surface area contributed by atoms with E-state index < -0.39 is 11.5 Å². The van der Waals surface area contributed by atoms with Crippen LogP contribution in [0.2, 0.25) is 0 Å². The number of hydrogen-bond acceptors (Lipinski definition) is 6. The minimum Gasteiger partial charge on any atom is -0.284 e. The normalized spacial score (nSPS) is 21.9. The minimum absolute atomic E-state index is 0.0970. The lowest BCUT2D eigenvalue weighted by Gasteiger charge is -2.34. The van der Waals surface area contributed by atoms with E-state index in [4.69, 9.17) is 4.99 Å². The van der Waals surface area contributed by atoms with Crippen LogP contribution in [-0.2, 0) is 4.79 Å². The summed E-state index contributed by atoms with van der Waals surface area (Å²) in [7, 11) is 0. The SMILES string of the molecule is CCSC1=N[C@@](C(C)C)([C@H](C[N+](=O)[O-])c2cccc(Br)c2)C(=O)S1. The number of nitro groups is 1. The average Bonchev–Trinajstić information content (AvgIpc) is 2.82. The van der Waals surface area contributed by atoms with Crippen molar-refractivity contribution in [1.82, 2.24) is 0 Å². The lowest BCUT2D eigenvalue weighted by molar-refractivity contribution is -0.484. The maximum absolute atomic E-state index is 12.9. The standard InChI is InChI=1S/C16H19BrN2O3S2/c1-4-23-15-18-16(10(2)3,14(20)24-15)13(9-19(21)22)11-6-5-7-12(17)8-11/h5-8,10,13H,4,9H2,1-3H3/t13-,16+/m1/s1. The van der Waals surface area contributed by atoms with Crippen molar-refractivity contribution < 1.29 is 9.72 Å². The van der Waals surface area contributed by atoms with E-state index in [1.807, 2.05) is 45.0 Å². The van der Waals surface area contributed by atoms with E-state index in [0.29, 0.717) is 4.38 Å². The molecule has 0 saturated heterocycles. The Hall–Kier alpha value is -0.860. The number of nitrogens with zero attached hydrogens (tertiary/aromatic N) is 2. The zero-order valence-corrected chi connectivity index (χ0v) is 16.9. The third-order valence-corrected chi connectivity index (χ3v) is 6.55. The summed E-state index contributed by atoms with van der Waals surface area (Å²) in [6.07, 6.45) is 0. The molecule has 1 aromatic rings. The summed E-state index contributed by atoms with van der Waals surface area (Å²) < 4.78 is 1.54. The fourth-order valence-corrected chi connectivity index (χ4v) is 5.56. The van der Waals surface area contributed by atoms with Crippen LogP contribution in [0.1, 0.15) is 32.3 Å². The summed E-state index contributed by atoms with van der Waals surface area (Å²) in [4.78, 5) is 28.6. The van der Waals surface area contributed by atoms with Crippen molar-refractivity contribution in [2.24, 2.45) is 10.9 Å². The van der Waals surface area contributed by atoms with E-state index in [1.165, 1.54) is 11.8 Å². The van der Waals surface area contributed by atoms with Crippen molar-refractivity contribution in [2.75, 3.05) is 12.3 Å². The van der Waals surface area contributed by atoms with Gasteiger partial charge in [-0.15, -0.1) is 0 Å². The molecule has 24 heavy (non-hydrogen) atoms. The highest BCUT2D eigenvalue weighted by atomic mass is 79.9. The lowest BCUT2D eigenvalue weighted by Crippen LogP contribution is -2.46. The van der Waals surface area contributed by atoms with Crippen molar-refractivity contribution in [3.05, 3.63) is 44.4 Å². The number of carbonyl (C=O) groups excluding carboxylic acids is 1. The molecule has 0 aromatic heterocycles. The van der Waals surface area contributed by atoms with Crippen molar-refractivity contribution >= 4 is 48.9 Å². The predicted molar refractivity (Wildman–Crippen MR) is 104 cm³/mol. The van der Waals surface area contributed by atoms with Gasteiger partial charge in [0.2, 0.25) is 11.7 Å². The fourth-order valence-electron chi connectivity index (χ4n) is 2.92. The molecule has 0 amide bonds. The van der Waals surface area contributed by atoms with Crippen LogP contribution >= 0.6 is 39.5 Å². The molecule has 0 unspecified atom stereocenters. The third kappa shape index (κ3) is 3.86. The van der Waals surface area contributed by atoms with E-state index in [2.05, 4.69) is 15.9 Å². The number of benzene rings is 1. The summed E-state index contributed by atoms with van der Waals surface area (Å²) in [5.41, 5.74) is -0.342. The molecule has 0 spiro atoms.